The molecule has 1 aromatic rings. The molecule has 0 radical (unpaired) electrons. The van der Waals surface area contributed by atoms with Crippen LogP contribution < -0.4 is 4.74 Å². The van der Waals surface area contributed by atoms with Gasteiger partial charge in [-0.3, -0.25) is 0 Å². The summed E-state index contributed by atoms with van der Waals surface area (Å²) < 4.78 is 10.4. The largest absolute Gasteiger partial charge is 0.496 e. The van der Waals surface area contributed by atoms with Gasteiger partial charge >= 0.3 is 5.97 Å². The Hall–Kier alpha value is -1.51. The van der Waals surface area contributed by atoms with E-state index in [0.29, 0.717) is 12.2 Å². The van der Waals surface area contributed by atoms with E-state index in [4.69, 9.17) is 9.47 Å². The molecule has 0 N–H and O–H groups in total. The molecule has 0 aliphatic carbocycles. The standard InChI is InChI=1S/C12H14O3/c1-4-8-5-9-10(6-15-12(9)13)7(2)11(8)14-3/h5H,4,6H2,1-3H3. The zero-order chi connectivity index (χ0) is 11.0. The first-order valence-electron chi connectivity index (χ1n) is 5.05. The molecular formula is C12H14O3. The highest BCUT2D eigenvalue weighted by Gasteiger charge is 2.26. The first-order chi connectivity index (χ1) is 7.19. The van der Waals surface area contributed by atoms with Crippen molar-refractivity contribution >= 4 is 5.97 Å². The van der Waals surface area contributed by atoms with Gasteiger partial charge in [0, 0.05) is 5.56 Å². The number of hydrogen-bond donors (Lipinski definition) is 0. The lowest BCUT2D eigenvalue weighted by Crippen LogP contribution is -2.01. The van der Waals surface area contributed by atoms with E-state index in [2.05, 4.69) is 0 Å². The number of carbonyl (C=O) groups is 1. The molecule has 0 saturated carbocycles. The smallest absolute Gasteiger partial charge is 0.338 e. The minimum Gasteiger partial charge on any atom is -0.496 e. The van der Waals surface area contributed by atoms with Gasteiger partial charge in [-0.2, -0.15) is 0 Å². The van der Waals surface area contributed by atoms with Crippen molar-refractivity contribution in [2.75, 3.05) is 7.11 Å². The van der Waals surface area contributed by atoms with Crippen molar-refractivity contribution in [3.63, 3.8) is 0 Å². The summed E-state index contributed by atoms with van der Waals surface area (Å²) in [4.78, 5) is 11.4. The van der Waals surface area contributed by atoms with Crippen LogP contribution in [0.2, 0.25) is 0 Å². The van der Waals surface area contributed by atoms with Crippen molar-refractivity contribution in [3.8, 4) is 5.75 Å². The van der Waals surface area contributed by atoms with E-state index < -0.39 is 0 Å². The molecule has 0 unspecified atom stereocenters. The van der Waals surface area contributed by atoms with Gasteiger partial charge in [0.15, 0.2) is 0 Å². The number of benzene rings is 1. The molecule has 15 heavy (non-hydrogen) atoms. The number of cyclic esters (lactones) is 1. The van der Waals surface area contributed by atoms with E-state index in [1.165, 1.54) is 0 Å². The average Bonchev–Trinajstić information content (AvgIpc) is 2.60. The van der Waals surface area contributed by atoms with Crippen LogP contribution in [-0.2, 0) is 17.8 Å². The maximum Gasteiger partial charge on any atom is 0.338 e. The number of fused-ring (bicyclic) bond motifs is 1. The first-order valence-corrected chi connectivity index (χ1v) is 5.05. The fourth-order valence-electron chi connectivity index (χ4n) is 2.04. The number of methoxy groups -OCH3 is 1. The topological polar surface area (TPSA) is 35.5 Å². The Bertz CT molecular complexity index is 421. The van der Waals surface area contributed by atoms with Gasteiger partial charge in [0.2, 0.25) is 0 Å². The first kappa shape index (κ1) is 10.0. The van der Waals surface area contributed by atoms with Crippen LogP contribution in [0.25, 0.3) is 0 Å². The second kappa shape index (κ2) is 3.57. The van der Waals surface area contributed by atoms with Crippen molar-refractivity contribution in [1.82, 2.24) is 0 Å². The van der Waals surface area contributed by atoms with Crippen molar-refractivity contribution in [2.24, 2.45) is 0 Å². The SMILES string of the molecule is CCc1cc2c(c(C)c1OC)COC2=O. The van der Waals surface area contributed by atoms with E-state index in [0.717, 1.165) is 28.9 Å². The molecule has 1 aromatic carbocycles. The van der Waals surface area contributed by atoms with E-state index in [1.807, 2.05) is 19.9 Å². The molecule has 0 spiro atoms. The van der Waals surface area contributed by atoms with Crippen LogP contribution in [0.15, 0.2) is 6.07 Å². The molecule has 0 aromatic heterocycles. The van der Waals surface area contributed by atoms with Crippen molar-refractivity contribution in [3.05, 3.63) is 28.3 Å². The highest BCUT2D eigenvalue weighted by Crippen LogP contribution is 2.33. The van der Waals surface area contributed by atoms with Gasteiger partial charge in [0.05, 0.1) is 12.7 Å². The quantitative estimate of drug-likeness (QED) is 0.696. The highest BCUT2D eigenvalue weighted by molar-refractivity contribution is 5.94. The van der Waals surface area contributed by atoms with Crippen LogP contribution in [-0.4, -0.2) is 13.1 Å². The van der Waals surface area contributed by atoms with E-state index in [1.54, 1.807) is 7.11 Å². The number of hydrogen-bond acceptors (Lipinski definition) is 3. The average molecular weight is 206 g/mol. The number of rotatable bonds is 2. The summed E-state index contributed by atoms with van der Waals surface area (Å²) in [7, 11) is 1.66. The van der Waals surface area contributed by atoms with E-state index >= 15 is 0 Å². The molecule has 0 fully saturated rings. The second-order valence-corrected chi connectivity index (χ2v) is 3.65. The Kier molecular flexibility index (Phi) is 2.39. The normalized spacial score (nSPS) is 13.7. The van der Waals surface area contributed by atoms with Gasteiger partial charge in [0.25, 0.3) is 0 Å². The number of esters is 1. The summed E-state index contributed by atoms with van der Waals surface area (Å²) >= 11 is 0. The van der Waals surface area contributed by atoms with Crippen molar-refractivity contribution in [1.29, 1.82) is 0 Å². The van der Waals surface area contributed by atoms with Gasteiger partial charge in [0.1, 0.15) is 12.4 Å². The summed E-state index contributed by atoms with van der Waals surface area (Å²) in [6.45, 7) is 4.39. The van der Waals surface area contributed by atoms with E-state index in [9.17, 15) is 4.79 Å². The molecular weight excluding hydrogens is 192 g/mol. The summed E-state index contributed by atoms with van der Waals surface area (Å²) in [5.41, 5.74) is 3.75. The Labute approximate surface area is 89.0 Å². The minimum atomic E-state index is -0.217. The molecule has 1 heterocycles. The summed E-state index contributed by atoms with van der Waals surface area (Å²) in [6, 6.07) is 1.89. The lowest BCUT2D eigenvalue weighted by atomic mass is 9.97. The fraction of sp³-hybridized carbons (Fsp3) is 0.417. The van der Waals surface area contributed by atoms with Crippen LogP contribution >= 0.6 is 0 Å². The highest BCUT2D eigenvalue weighted by atomic mass is 16.5. The van der Waals surface area contributed by atoms with E-state index in [-0.39, 0.29) is 5.97 Å². The molecule has 3 heteroatoms. The van der Waals surface area contributed by atoms with Crippen molar-refractivity contribution in [2.45, 2.75) is 26.9 Å². The Balaban J connectivity index is 2.67. The van der Waals surface area contributed by atoms with Crippen LogP contribution in [0.4, 0.5) is 0 Å². The van der Waals surface area contributed by atoms with Gasteiger partial charge < -0.3 is 9.47 Å². The summed E-state index contributed by atoms with van der Waals surface area (Å²) in [5, 5.41) is 0. The third kappa shape index (κ3) is 1.39. The fourth-order valence-corrected chi connectivity index (χ4v) is 2.04. The maximum absolute atomic E-state index is 11.4. The molecule has 2 rings (SSSR count). The summed E-state index contributed by atoms with van der Waals surface area (Å²) in [6.07, 6.45) is 0.852. The molecule has 1 aliphatic rings. The maximum atomic E-state index is 11.4. The minimum absolute atomic E-state index is 0.217. The molecule has 1 aliphatic heterocycles. The van der Waals surface area contributed by atoms with Gasteiger partial charge in [-0.1, -0.05) is 6.92 Å². The number of carbonyl (C=O) groups excluding carboxylic acids is 1. The van der Waals surface area contributed by atoms with Gasteiger partial charge in [-0.15, -0.1) is 0 Å². The molecule has 0 saturated heterocycles. The summed E-state index contributed by atoms with van der Waals surface area (Å²) in [5.74, 6) is 0.667. The second-order valence-electron chi connectivity index (χ2n) is 3.65. The number of aryl methyl sites for hydroxylation is 1. The number of ether oxygens (including phenoxy) is 2. The lowest BCUT2D eigenvalue weighted by molar-refractivity contribution is 0.0535. The molecule has 0 bridgehead atoms. The van der Waals surface area contributed by atoms with Crippen LogP contribution in [0.5, 0.6) is 5.75 Å². The third-order valence-electron chi connectivity index (χ3n) is 2.88. The predicted octanol–water partition coefficient (Wildman–Crippen LogP) is 2.24. The van der Waals surface area contributed by atoms with Crippen molar-refractivity contribution < 1.29 is 14.3 Å². The zero-order valence-electron chi connectivity index (χ0n) is 9.22. The monoisotopic (exact) mass is 206 g/mol. The van der Waals surface area contributed by atoms with Gasteiger partial charge in [-0.05, 0) is 30.5 Å². The predicted molar refractivity (Wildman–Crippen MR) is 56.2 cm³/mol. The Morgan fingerprint density at radius 1 is 1.53 bits per heavy atom. The zero-order valence-corrected chi connectivity index (χ0v) is 9.22. The van der Waals surface area contributed by atoms with Gasteiger partial charge in [-0.25, -0.2) is 4.79 Å². The Morgan fingerprint density at radius 2 is 2.27 bits per heavy atom. The van der Waals surface area contributed by atoms with Crippen LogP contribution in [0.1, 0.15) is 34.0 Å². The molecule has 0 atom stereocenters. The van der Waals surface area contributed by atoms with Crippen LogP contribution in [0, 0.1) is 6.92 Å². The lowest BCUT2D eigenvalue weighted by Gasteiger charge is -2.12. The Morgan fingerprint density at radius 3 is 2.87 bits per heavy atom. The third-order valence-corrected chi connectivity index (χ3v) is 2.88. The van der Waals surface area contributed by atoms with Crippen LogP contribution in [0.3, 0.4) is 0 Å². The molecule has 3 nitrogen and oxygen atoms in total. The molecule has 80 valence electrons. The molecule has 0 amide bonds.